The summed E-state index contributed by atoms with van der Waals surface area (Å²) in [7, 11) is -1.43. The van der Waals surface area contributed by atoms with Crippen LogP contribution in [-0.4, -0.2) is 67.1 Å². The number of nitriles is 1. The van der Waals surface area contributed by atoms with Gasteiger partial charge in [-0.25, -0.2) is 19.4 Å². The predicted molar refractivity (Wildman–Crippen MR) is 177 cm³/mol. The molecule has 236 valence electrons. The lowest BCUT2D eigenvalue weighted by molar-refractivity contribution is -0.152. The van der Waals surface area contributed by atoms with Gasteiger partial charge in [-0.05, 0) is 40.0 Å². The molecule has 11 heteroatoms. The summed E-state index contributed by atoms with van der Waals surface area (Å²) in [6, 6.07) is 28.2. The second-order valence-corrected chi connectivity index (χ2v) is 16.1. The number of ether oxygens (including phenoxy) is 3. The highest BCUT2D eigenvalue weighted by Gasteiger charge is 2.50. The van der Waals surface area contributed by atoms with Gasteiger partial charge in [0.25, 0.3) is 8.32 Å². The fourth-order valence-electron chi connectivity index (χ4n) is 5.62. The zero-order valence-corrected chi connectivity index (χ0v) is 27.6. The Balaban J connectivity index is 1.32. The van der Waals surface area contributed by atoms with Crippen molar-refractivity contribution in [1.82, 2.24) is 19.7 Å². The van der Waals surface area contributed by atoms with E-state index in [-0.39, 0.29) is 24.1 Å². The minimum atomic E-state index is -2.73. The van der Waals surface area contributed by atoms with Gasteiger partial charge < -0.3 is 18.6 Å². The van der Waals surface area contributed by atoms with Gasteiger partial charge in [0.15, 0.2) is 5.65 Å². The van der Waals surface area contributed by atoms with Crippen LogP contribution >= 0.6 is 0 Å². The second kappa shape index (κ2) is 14.0. The van der Waals surface area contributed by atoms with E-state index in [0.29, 0.717) is 28.9 Å². The van der Waals surface area contributed by atoms with E-state index in [9.17, 15) is 10.1 Å². The van der Waals surface area contributed by atoms with Crippen LogP contribution in [0.5, 0.6) is 5.88 Å². The molecule has 5 aromatic rings. The summed E-state index contributed by atoms with van der Waals surface area (Å²) in [5.41, 5.74) is 2.57. The van der Waals surface area contributed by atoms with E-state index in [1.54, 1.807) is 23.0 Å². The second-order valence-electron chi connectivity index (χ2n) is 11.8. The molecule has 46 heavy (non-hydrogen) atoms. The van der Waals surface area contributed by atoms with Crippen LogP contribution in [0.15, 0.2) is 91.4 Å². The molecule has 0 saturated carbocycles. The molecule has 10 nitrogen and oxygen atoms in total. The molecule has 0 saturated heterocycles. The SMILES string of the molecule is COC(=O)C(COCCO[Si](c1ccccc1)(c1ccccc1)C(C)(C)C)Oc1ncnc2c1cnn2-c1cc(C#N)ccc1C. The summed E-state index contributed by atoms with van der Waals surface area (Å²) >= 11 is 0. The molecule has 0 aliphatic carbocycles. The number of hydrogen-bond acceptors (Lipinski definition) is 9. The van der Waals surface area contributed by atoms with Crippen molar-refractivity contribution in [1.29, 1.82) is 5.26 Å². The van der Waals surface area contributed by atoms with E-state index < -0.39 is 20.4 Å². The molecule has 2 heterocycles. The standard InChI is InChI=1S/C35H37N5O5Si/c1-25-16-17-26(21-36)20-30(25)40-32-29(22-39-40)33(38-24-37-32)45-31(34(41)42-5)23-43-18-19-44-46(35(2,3)4,27-12-8-6-9-13-27)28-14-10-7-11-15-28/h6-17,20,22,24,31H,18-19,23H2,1-5H3. The zero-order chi connectivity index (χ0) is 32.7. The van der Waals surface area contributed by atoms with E-state index in [4.69, 9.17) is 18.6 Å². The Morgan fingerprint density at radius 3 is 2.26 bits per heavy atom. The van der Waals surface area contributed by atoms with Gasteiger partial charge in [0.05, 0.1) is 50.4 Å². The first-order valence-corrected chi connectivity index (χ1v) is 16.9. The molecular weight excluding hydrogens is 599 g/mol. The zero-order valence-electron chi connectivity index (χ0n) is 26.6. The van der Waals surface area contributed by atoms with Gasteiger partial charge in [0.2, 0.25) is 12.0 Å². The minimum absolute atomic E-state index is 0.0836. The smallest absolute Gasteiger partial charge is 0.349 e. The monoisotopic (exact) mass is 635 g/mol. The van der Waals surface area contributed by atoms with Crippen LogP contribution in [0.4, 0.5) is 0 Å². The largest absolute Gasteiger partial charge is 0.466 e. The fourth-order valence-corrected chi connectivity index (χ4v) is 10.2. The first-order valence-electron chi connectivity index (χ1n) is 15.0. The Morgan fingerprint density at radius 2 is 1.65 bits per heavy atom. The summed E-state index contributed by atoms with van der Waals surface area (Å²) in [5, 5.41) is 16.5. The van der Waals surface area contributed by atoms with Crippen molar-refractivity contribution in [2.75, 3.05) is 26.9 Å². The predicted octanol–water partition coefficient (Wildman–Crippen LogP) is 4.51. The van der Waals surface area contributed by atoms with Crippen LogP contribution in [0.2, 0.25) is 5.04 Å². The third kappa shape index (κ3) is 6.55. The molecule has 2 aromatic heterocycles. The highest BCUT2D eigenvalue weighted by Crippen LogP contribution is 2.36. The van der Waals surface area contributed by atoms with Crippen LogP contribution < -0.4 is 15.1 Å². The van der Waals surface area contributed by atoms with Gasteiger partial charge in [0, 0.05) is 0 Å². The average Bonchev–Trinajstić information content (AvgIpc) is 3.51. The van der Waals surface area contributed by atoms with Gasteiger partial charge in [-0.3, -0.25) is 0 Å². The molecule has 0 radical (unpaired) electrons. The number of hydrogen-bond donors (Lipinski definition) is 0. The van der Waals surface area contributed by atoms with E-state index in [2.05, 4.69) is 66.2 Å². The number of carbonyl (C=O) groups excluding carboxylic acids is 1. The number of esters is 1. The van der Waals surface area contributed by atoms with Crippen molar-refractivity contribution in [3.63, 3.8) is 0 Å². The summed E-state index contributed by atoms with van der Waals surface area (Å²) in [6.45, 7) is 9.03. The molecule has 5 rings (SSSR count). The van der Waals surface area contributed by atoms with Crippen LogP contribution in [0.3, 0.4) is 0 Å². The lowest BCUT2D eigenvalue weighted by atomic mass is 10.1. The molecule has 0 amide bonds. The number of rotatable bonds is 12. The van der Waals surface area contributed by atoms with Crippen molar-refractivity contribution in [3.05, 3.63) is 103 Å². The van der Waals surface area contributed by atoms with Gasteiger partial charge in [0.1, 0.15) is 11.7 Å². The molecule has 1 unspecified atom stereocenters. The molecule has 0 fully saturated rings. The molecule has 0 N–H and O–H groups in total. The van der Waals surface area contributed by atoms with E-state index >= 15 is 0 Å². The molecule has 0 aliphatic heterocycles. The Kier molecular flexibility index (Phi) is 9.92. The highest BCUT2D eigenvalue weighted by molar-refractivity contribution is 6.99. The Hall–Kier alpha value is -4.89. The summed E-state index contributed by atoms with van der Waals surface area (Å²) in [4.78, 5) is 21.4. The van der Waals surface area contributed by atoms with Gasteiger partial charge in [-0.2, -0.15) is 10.4 Å². The van der Waals surface area contributed by atoms with Crippen LogP contribution in [-0.2, 0) is 18.7 Å². The maximum Gasteiger partial charge on any atom is 0.349 e. The van der Waals surface area contributed by atoms with Crippen molar-refractivity contribution in [2.24, 2.45) is 0 Å². The Bertz CT molecular complexity index is 1790. The van der Waals surface area contributed by atoms with E-state index in [1.165, 1.54) is 23.8 Å². The van der Waals surface area contributed by atoms with E-state index in [1.807, 2.05) is 49.4 Å². The maximum absolute atomic E-state index is 12.8. The lowest BCUT2D eigenvalue weighted by Crippen LogP contribution is -2.66. The topological polar surface area (TPSA) is 121 Å². The Labute approximate surface area is 269 Å². The van der Waals surface area contributed by atoms with Crippen LogP contribution in [0.1, 0.15) is 31.9 Å². The number of fused-ring (bicyclic) bond motifs is 1. The molecule has 1 atom stereocenters. The van der Waals surface area contributed by atoms with Gasteiger partial charge >= 0.3 is 5.97 Å². The van der Waals surface area contributed by atoms with Crippen LogP contribution in [0.25, 0.3) is 16.7 Å². The summed E-state index contributed by atoms with van der Waals surface area (Å²) in [6.07, 6.45) is 1.81. The molecule has 3 aromatic carbocycles. The van der Waals surface area contributed by atoms with Crippen molar-refractivity contribution in [3.8, 4) is 17.6 Å². The third-order valence-electron chi connectivity index (χ3n) is 7.85. The first-order chi connectivity index (χ1) is 22.2. The van der Waals surface area contributed by atoms with Gasteiger partial charge in [-0.15, -0.1) is 0 Å². The highest BCUT2D eigenvalue weighted by atomic mass is 28.4. The summed E-state index contributed by atoms with van der Waals surface area (Å²) < 4.78 is 25.6. The van der Waals surface area contributed by atoms with Gasteiger partial charge in [-0.1, -0.05) is 87.5 Å². The maximum atomic E-state index is 12.8. The van der Waals surface area contributed by atoms with Crippen molar-refractivity contribution in [2.45, 2.75) is 38.8 Å². The Morgan fingerprint density at radius 1 is 0.978 bits per heavy atom. The summed E-state index contributed by atoms with van der Waals surface area (Å²) in [5.74, 6) is -0.447. The fraction of sp³-hybridized carbons (Fsp3) is 0.286. The number of nitrogens with zero attached hydrogens (tertiary/aromatic N) is 5. The third-order valence-corrected chi connectivity index (χ3v) is 12.9. The quantitative estimate of drug-likeness (QED) is 0.111. The molecule has 0 spiro atoms. The molecule has 0 bridgehead atoms. The minimum Gasteiger partial charge on any atom is -0.466 e. The number of aryl methyl sites for hydroxylation is 1. The normalized spacial score (nSPS) is 12.4. The van der Waals surface area contributed by atoms with Crippen LogP contribution in [0, 0.1) is 18.3 Å². The van der Waals surface area contributed by atoms with Crippen molar-refractivity contribution >= 4 is 35.7 Å². The number of methoxy groups -OCH3 is 1. The average molecular weight is 636 g/mol. The van der Waals surface area contributed by atoms with Crippen molar-refractivity contribution < 1.29 is 23.4 Å². The molecule has 0 aliphatic rings. The first kappa shape index (κ1) is 32.5. The van der Waals surface area contributed by atoms with E-state index in [0.717, 1.165) is 5.56 Å². The number of aromatic nitrogens is 4. The lowest BCUT2D eigenvalue weighted by Gasteiger charge is -2.43. The number of benzene rings is 3. The molecular formula is C35H37N5O5Si. The number of carbonyl (C=O) groups is 1.